The maximum Gasteiger partial charge on any atom is 0.406 e. The quantitative estimate of drug-likeness (QED) is 0.289. The minimum atomic E-state index is -3.64. The van der Waals surface area contributed by atoms with Crippen LogP contribution >= 0.6 is 7.75 Å². The van der Waals surface area contributed by atoms with Gasteiger partial charge in [-0.05, 0) is 70.0 Å². The molecule has 0 radical (unpaired) electrons. The summed E-state index contributed by atoms with van der Waals surface area (Å²) in [5.74, 6) is 1.07. The van der Waals surface area contributed by atoms with Gasteiger partial charge in [0.05, 0.1) is 32.5 Å². The fraction of sp³-hybridized carbons (Fsp3) is 0.400. The molecule has 0 bridgehead atoms. The molecule has 0 fully saturated rings. The van der Waals surface area contributed by atoms with Crippen molar-refractivity contribution in [2.75, 3.05) is 19.5 Å². The van der Waals surface area contributed by atoms with Gasteiger partial charge in [0.25, 0.3) is 0 Å². The molecule has 2 N–H and O–H groups in total. The van der Waals surface area contributed by atoms with Crippen LogP contribution in [0.3, 0.4) is 0 Å². The van der Waals surface area contributed by atoms with Crippen LogP contribution in [0.15, 0.2) is 42.5 Å². The van der Waals surface area contributed by atoms with Crippen molar-refractivity contribution in [2.24, 2.45) is 0 Å². The number of benzene rings is 2. The van der Waals surface area contributed by atoms with Gasteiger partial charge < -0.3 is 14.8 Å². The standard InChI is InChI=1S/C25H35N2O6P/c1-17(2)32-34(29,33-18(3)4)27-19(5)25(28)26-22-12-10-20(11-13-22)8-9-21-14-23(30-6)16-24(15-21)31-7/h8-19H,1-7H3,(H,26,28)(H,27,29)/b9-8+/t19-/m0/s1. The van der Waals surface area contributed by atoms with Gasteiger partial charge in [-0.2, -0.15) is 0 Å². The number of hydrogen-bond acceptors (Lipinski definition) is 6. The molecular weight excluding hydrogens is 455 g/mol. The Balaban J connectivity index is 2.02. The molecule has 0 saturated carbocycles. The smallest absolute Gasteiger partial charge is 0.406 e. The first-order valence-corrected chi connectivity index (χ1v) is 12.6. The number of nitrogens with one attached hydrogen (secondary N) is 2. The molecule has 0 spiro atoms. The number of hydrogen-bond donors (Lipinski definition) is 2. The van der Waals surface area contributed by atoms with Crippen LogP contribution in [0.25, 0.3) is 12.2 Å². The molecular formula is C25H35N2O6P. The Hall–Kier alpha value is -2.64. The Labute approximate surface area is 202 Å². The van der Waals surface area contributed by atoms with E-state index >= 15 is 0 Å². The first-order chi connectivity index (χ1) is 16.0. The highest BCUT2D eigenvalue weighted by Gasteiger charge is 2.32. The van der Waals surface area contributed by atoms with E-state index in [2.05, 4.69) is 10.4 Å². The van der Waals surface area contributed by atoms with Gasteiger partial charge in [0, 0.05) is 11.8 Å². The van der Waals surface area contributed by atoms with Crippen molar-refractivity contribution in [3.05, 3.63) is 53.6 Å². The molecule has 186 valence electrons. The molecule has 9 heteroatoms. The molecule has 0 aromatic heterocycles. The summed E-state index contributed by atoms with van der Waals surface area (Å²) in [4.78, 5) is 12.6. The Bertz CT molecular complexity index is 984. The second kappa shape index (κ2) is 12.7. The summed E-state index contributed by atoms with van der Waals surface area (Å²) in [7, 11) is -0.422. The van der Waals surface area contributed by atoms with Crippen LogP contribution in [0.1, 0.15) is 45.7 Å². The summed E-state index contributed by atoms with van der Waals surface area (Å²) in [5, 5.41) is 5.52. The summed E-state index contributed by atoms with van der Waals surface area (Å²) >= 11 is 0. The zero-order valence-corrected chi connectivity index (χ0v) is 21.7. The Morgan fingerprint density at radius 3 is 1.79 bits per heavy atom. The number of methoxy groups -OCH3 is 2. The first kappa shape index (κ1) is 27.6. The van der Waals surface area contributed by atoms with E-state index in [0.717, 1.165) is 11.1 Å². The Morgan fingerprint density at radius 1 is 0.824 bits per heavy atom. The SMILES string of the molecule is COc1cc(/C=C/c2ccc(NC(=O)[C@H](C)NP(=O)(OC(C)C)OC(C)C)cc2)cc(OC)c1. The van der Waals surface area contributed by atoms with Crippen LogP contribution in [0, 0.1) is 0 Å². The number of carbonyl (C=O) groups excluding carboxylic acids is 1. The Kier molecular flexibility index (Phi) is 10.3. The molecule has 1 amide bonds. The lowest BCUT2D eigenvalue weighted by molar-refractivity contribution is -0.117. The van der Waals surface area contributed by atoms with E-state index in [1.165, 1.54) is 0 Å². The maximum absolute atomic E-state index is 13.0. The van der Waals surface area contributed by atoms with E-state index < -0.39 is 13.8 Å². The average Bonchev–Trinajstić information content (AvgIpc) is 2.76. The largest absolute Gasteiger partial charge is 0.497 e. The molecule has 2 aromatic carbocycles. The monoisotopic (exact) mass is 490 g/mol. The van der Waals surface area contributed by atoms with Gasteiger partial charge in [-0.15, -0.1) is 0 Å². The normalized spacial score (nSPS) is 12.9. The number of rotatable bonds is 12. The molecule has 2 aromatic rings. The van der Waals surface area contributed by atoms with E-state index in [9.17, 15) is 9.36 Å². The predicted octanol–water partition coefficient (Wildman–Crippen LogP) is 5.75. The second-order valence-electron chi connectivity index (χ2n) is 8.25. The summed E-state index contributed by atoms with van der Waals surface area (Å²) in [5.41, 5.74) is 2.50. The van der Waals surface area contributed by atoms with E-state index in [1.54, 1.807) is 61.0 Å². The third kappa shape index (κ3) is 8.95. The first-order valence-electron chi connectivity index (χ1n) is 11.1. The lowest BCUT2D eigenvalue weighted by Crippen LogP contribution is -2.37. The highest BCUT2D eigenvalue weighted by molar-refractivity contribution is 7.51. The van der Waals surface area contributed by atoms with Crippen LogP contribution in [0.2, 0.25) is 0 Å². The molecule has 34 heavy (non-hydrogen) atoms. The second-order valence-corrected chi connectivity index (χ2v) is 9.92. The molecule has 0 saturated heterocycles. The van der Waals surface area contributed by atoms with E-state index in [0.29, 0.717) is 17.2 Å². The topological polar surface area (TPSA) is 95.1 Å². The molecule has 0 aliphatic carbocycles. The van der Waals surface area contributed by atoms with Crippen molar-refractivity contribution in [2.45, 2.75) is 52.9 Å². The van der Waals surface area contributed by atoms with Crippen LogP contribution in [-0.2, 0) is 18.4 Å². The third-order valence-electron chi connectivity index (χ3n) is 4.46. The molecule has 8 nitrogen and oxygen atoms in total. The van der Waals surface area contributed by atoms with Gasteiger partial charge in [-0.25, -0.2) is 9.65 Å². The zero-order valence-electron chi connectivity index (χ0n) is 20.8. The average molecular weight is 491 g/mol. The van der Waals surface area contributed by atoms with Crippen LogP contribution < -0.4 is 19.9 Å². The van der Waals surface area contributed by atoms with Crippen LogP contribution in [0.4, 0.5) is 5.69 Å². The summed E-state index contributed by atoms with van der Waals surface area (Å²) < 4.78 is 34.4. The number of anilines is 1. The fourth-order valence-electron chi connectivity index (χ4n) is 2.98. The molecule has 1 atom stereocenters. The fourth-order valence-corrected chi connectivity index (χ4v) is 4.86. The molecule has 0 aliphatic heterocycles. The van der Waals surface area contributed by atoms with Crippen LogP contribution in [-0.4, -0.2) is 38.4 Å². The molecule has 2 rings (SSSR count). The number of carbonyl (C=O) groups is 1. The van der Waals surface area contributed by atoms with Crippen molar-refractivity contribution in [1.82, 2.24) is 5.09 Å². The molecule has 0 unspecified atom stereocenters. The van der Waals surface area contributed by atoms with Gasteiger partial charge in [-0.3, -0.25) is 13.8 Å². The van der Waals surface area contributed by atoms with Crippen molar-refractivity contribution in [1.29, 1.82) is 0 Å². The number of amides is 1. The lowest BCUT2D eigenvalue weighted by atomic mass is 10.1. The summed E-state index contributed by atoms with van der Waals surface area (Å²) in [6.45, 7) is 8.62. The Morgan fingerprint density at radius 2 is 1.32 bits per heavy atom. The predicted molar refractivity (Wildman–Crippen MR) is 136 cm³/mol. The number of ether oxygens (including phenoxy) is 2. The van der Waals surface area contributed by atoms with Crippen LogP contribution in [0.5, 0.6) is 11.5 Å². The van der Waals surface area contributed by atoms with Crippen molar-refractivity contribution >= 4 is 31.5 Å². The minimum absolute atomic E-state index is 0.328. The third-order valence-corrected chi connectivity index (χ3v) is 6.57. The van der Waals surface area contributed by atoms with Gasteiger partial charge in [0.2, 0.25) is 5.91 Å². The van der Waals surface area contributed by atoms with E-state index in [1.807, 2.05) is 42.5 Å². The van der Waals surface area contributed by atoms with Gasteiger partial charge >= 0.3 is 7.75 Å². The zero-order chi connectivity index (χ0) is 25.3. The van der Waals surface area contributed by atoms with Gasteiger partial charge in [-0.1, -0.05) is 24.3 Å². The maximum atomic E-state index is 13.0. The van der Waals surface area contributed by atoms with Crippen molar-refractivity contribution in [3.8, 4) is 11.5 Å². The minimum Gasteiger partial charge on any atom is -0.497 e. The highest BCUT2D eigenvalue weighted by Crippen LogP contribution is 2.46. The van der Waals surface area contributed by atoms with Crippen molar-refractivity contribution in [3.63, 3.8) is 0 Å². The van der Waals surface area contributed by atoms with E-state index in [-0.39, 0.29) is 18.1 Å². The molecule has 0 aliphatic rings. The highest BCUT2D eigenvalue weighted by atomic mass is 31.2. The van der Waals surface area contributed by atoms with Gasteiger partial charge in [0.15, 0.2) is 0 Å². The lowest BCUT2D eigenvalue weighted by Gasteiger charge is -2.25. The summed E-state index contributed by atoms with van der Waals surface area (Å²) in [6.07, 6.45) is 3.25. The summed E-state index contributed by atoms with van der Waals surface area (Å²) in [6, 6.07) is 12.2. The van der Waals surface area contributed by atoms with Crippen molar-refractivity contribution < 1.29 is 27.9 Å². The molecule has 0 heterocycles. The van der Waals surface area contributed by atoms with E-state index in [4.69, 9.17) is 18.5 Å². The van der Waals surface area contributed by atoms with Gasteiger partial charge in [0.1, 0.15) is 11.5 Å².